The highest BCUT2D eigenvalue weighted by molar-refractivity contribution is 7.14. The number of hydrogen-bond donors (Lipinski definition) is 1. The number of benzene rings is 1. The Labute approximate surface area is 153 Å². The number of rotatable bonds is 4. The molecule has 0 saturated carbocycles. The third-order valence-corrected chi connectivity index (χ3v) is 4.90. The molecule has 1 aliphatic heterocycles. The standard InChI is InChI=1S/C18H15N5O2S/c24-16(23-8-5-12-3-1-2-4-15(12)23)9-13-11-26-18(21-13)22-17(25)14-10-19-6-7-20-14/h1-4,6-7,10-11H,5,8-9H2,(H,21,22,25). The molecule has 0 unspecified atom stereocenters. The molecule has 0 spiro atoms. The largest absolute Gasteiger partial charge is 0.311 e. The summed E-state index contributed by atoms with van der Waals surface area (Å²) in [6.45, 7) is 0.693. The quantitative estimate of drug-likeness (QED) is 0.766. The van der Waals surface area contributed by atoms with Crippen molar-refractivity contribution in [3.8, 4) is 0 Å². The molecule has 0 saturated heterocycles. The van der Waals surface area contributed by atoms with Gasteiger partial charge in [0.25, 0.3) is 5.91 Å². The van der Waals surface area contributed by atoms with Gasteiger partial charge in [0.2, 0.25) is 5.91 Å². The van der Waals surface area contributed by atoms with E-state index < -0.39 is 0 Å². The van der Waals surface area contributed by atoms with Crippen molar-refractivity contribution in [2.45, 2.75) is 12.8 Å². The lowest BCUT2D eigenvalue weighted by Crippen LogP contribution is -2.30. The van der Waals surface area contributed by atoms with Gasteiger partial charge in [-0.25, -0.2) is 9.97 Å². The second-order valence-electron chi connectivity index (χ2n) is 5.79. The van der Waals surface area contributed by atoms with Crippen LogP contribution in [0.5, 0.6) is 0 Å². The van der Waals surface area contributed by atoms with Crippen LogP contribution in [0.2, 0.25) is 0 Å². The van der Waals surface area contributed by atoms with Gasteiger partial charge in [0.1, 0.15) is 5.69 Å². The molecule has 2 amide bonds. The van der Waals surface area contributed by atoms with Crippen LogP contribution in [0, 0.1) is 0 Å². The molecule has 0 radical (unpaired) electrons. The minimum absolute atomic E-state index is 0.00653. The van der Waals surface area contributed by atoms with Gasteiger partial charge in [-0.3, -0.25) is 19.9 Å². The highest BCUT2D eigenvalue weighted by Gasteiger charge is 2.24. The second kappa shape index (κ2) is 7.01. The lowest BCUT2D eigenvalue weighted by molar-refractivity contribution is -0.117. The van der Waals surface area contributed by atoms with Crippen molar-refractivity contribution in [2.24, 2.45) is 0 Å². The van der Waals surface area contributed by atoms with Crippen molar-refractivity contribution in [1.29, 1.82) is 0 Å². The number of carbonyl (C=O) groups excluding carboxylic acids is 2. The summed E-state index contributed by atoms with van der Waals surface area (Å²) in [5.74, 6) is -0.370. The van der Waals surface area contributed by atoms with Gasteiger partial charge in [0.15, 0.2) is 5.13 Å². The van der Waals surface area contributed by atoms with Crippen molar-refractivity contribution in [1.82, 2.24) is 15.0 Å². The Bertz CT molecular complexity index is 957. The molecule has 1 aromatic carbocycles. The van der Waals surface area contributed by atoms with Crippen LogP contribution in [0.4, 0.5) is 10.8 Å². The molecule has 130 valence electrons. The van der Waals surface area contributed by atoms with Crippen LogP contribution in [0.1, 0.15) is 21.7 Å². The Morgan fingerprint density at radius 2 is 2.12 bits per heavy atom. The molecular weight excluding hydrogens is 350 g/mol. The Morgan fingerprint density at radius 3 is 2.96 bits per heavy atom. The third kappa shape index (κ3) is 3.31. The van der Waals surface area contributed by atoms with Gasteiger partial charge in [-0.05, 0) is 18.1 Å². The van der Waals surface area contributed by atoms with E-state index in [2.05, 4.69) is 20.3 Å². The summed E-state index contributed by atoms with van der Waals surface area (Å²) in [6.07, 6.45) is 5.41. The number of nitrogens with one attached hydrogen (secondary N) is 1. The summed E-state index contributed by atoms with van der Waals surface area (Å²) in [5.41, 5.74) is 3.02. The maximum atomic E-state index is 12.6. The fourth-order valence-corrected chi connectivity index (χ4v) is 3.58. The summed E-state index contributed by atoms with van der Waals surface area (Å²) < 4.78 is 0. The lowest BCUT2D eigenvalue weighted by Gasteiger charge is -2.16. The summed E-state index contributed by atoms with van der Waals surface area (Å²) in [7, 11) is 0. The average Bonchev–Trinajstić information content (AvgIpc) is 3.29. The minimum Gasteiger partial charge on any atom is -0.311 e. The normalized spacial score (nSPS) is 12.7. The summed E-state index contributed by atoms with van der Waals surface area (Å²) in [6, 6.07) is 7.94. The first-order valence-electron chi connectivity index (χ1n) is 8.11. The Balaban J connectivity index is 1.41. The molecule has 7 nitrogen and oxygen atoms in total. The van der Waals surface area contributed by atoms with Crippen LogP contribution in [0.15, 0.2) is 48.2 Å². The Hall–Kier alpha value is -3.13. The van der Waals surface area contributed by atoms with E-state index in [0.29, 0.717) is 17.4 Å². The molecule has 1 aliphatic rings. The van der Waals surface area contributed by atoms with Crippen LogP contribution in [0.3, 0.4) is 0 Å². The Kier molecular flexibility index (Phi) is 4.40. The molecule has 1 N–H and O–H groups in total. The first-order chi connectivity index (χ1) is 12.7. The molecule has 0 bridgehead atoms. The predicted molar refractivity (Wildman–Crippen MR) is 98.3 cm³/mol. The van der Waals surface area contributed by atoms with E-state index in [1.807, 2.05) is 24.3 Å². The van der Waals surface area contributed by atoms with E-state index in [1.54, 1.807) is 10.3 Å². The van der Waals surface area contributed by atoms with Crippen LogP contribution >= 0.6 is 11.3 Å². The number of aromatic nitrogens is 3. The smallest absolute Gasteiger partial charge is 0.277 e. The summed E-state index contributed by atoms with van der Waals surface area (Å²) in [5, 5.41) is 4.90. The SMILES string of the molecule is O=C(Nc1nc(CC(=O)N2CCc3ccccc32)cs1)c1cnccn1. The van der Waals surface area contributed by atoms with E-state index >= 15 is 0 Å². The topological polar surface area (TPSA) is 88.1 Å². The third-order valence-electron chi connectivity index (χ3n) is 4.09. The molecular formula is C18H15N5O2S. The fourth-order valence-electron chi connectivity index (χ4n) is 2.87. The molecule has 26 heavy (non-hydrogen) atoms. The molecule has 3 aromatic rings. The molecule has 0 atom stereocenters. The molecule has 8 heteroatoms. The average molecular weight is 365 g/mol. The maximum Gasteiger partial charge on any atom is 0.277 e. The molecule has 4 rings (SSSR count). The zero-order valence-electron chi connectivity index (χ0n) is 13.8. The monoisotopic (exact) mass is 365 g/mol. The first-order valence-corrected chi connectivity index (χ1v) is 8.99. The van der Waals surface area contributed by atoms with Gasteiger partial charge in [0, 0.05) is 30.0 Å². The van der Waals surface area contributed by atoms with Crippen LogP contribution < -0.4 is 10.2 Å². The number of carbonyl (C=O) groups is 2. The number of nitrogens with zero attached hydrogens (tertiary/aromatic N) is 4. The van der Waals surface area contributed by atoms with E-state index in [-0.39, 0.29) is 23.9 Å². The van der Waals surface area contributed by atoms with Gasteiger partial charge < -0.3 is 4.90 Å². The molecule has 3 heterocycles. The van der Waals surface area contributed by atoms with Crippen molar-refractivity contribution in [3.63, 3.8) is 0 Å². The van der Waals surface area contributed by atoms with Crippen molar-refractivity contribution in [3.05, 3.63) is 65.2 Å². The zero-order valence-corrected chi connectivity index (χ0v) is 14.6. The van der Waals surface area contributed by atoms with Crippen LogP contribution in [-0.2, 0) is 17.6 Å². The fraction of sp³-hybridized carbons (Fsp3) is 0.167. The molecule has 0 fully saturated rings. The highest BCUT2D eigenvalue weighted by Crippen LogP contribution is 2.28. The number of para-hydroxylation sites is 1. The van der Waals surface area contributed by atoms with Crippen molar-refractivity contribution >= 4 is 34.0 Å². The second-order valence-corrected chi connectivity index (χ2v) is 6.65. The van der Waals surface area contributed by atoms with Crippen molar-refractivity contribution < 1.29 is 9.59 Å². The summed E-state index contributed by atoms with van der Waals surface area (Å²) >= 11 is 1.28. The van der Waals surface area contributed by atoms with Crippen LogP contribution in [-0.4, -0.2) is 33.3 Å². The predicted octanol–water partition coefficient (Wildman–Crippen LogP) is 2.32. The number of anilines is 2. The highest BCUT2D eigenvalue weighted by atomic mass is 32.1. The van der Waals surface area contributed by atoms with E-state index in [1.165, 1.54) is 35.5 Å². The minimum atomic E-state index is -0.376. The van der Waals surface area contributed by atoms with E-state index in [0.717, 1.165) is 12.1 Å². The van der Waals surface area contributed by atoms with Crippen molar-refractivity contribution in [2.75, 3.05) is 16.8 Å². The number of amides is 2. The van der Waals surface area contributed by atoms with Gasteiger partial charge in [0.05, 0.1) is 18.3 Å². The maximum absolute atomic E-state index is 12.6. The van der Waals surface area contributed by atoms with Gasteiger partial charge in [-0.2, -0.15) is 0 Å². The Morgan fingerprint density at radius 1 is 1.23 bits per heavy atom. The first kappa shape index (κ1) is 16.3. The number of fused-ring (bicyclic) bond motifs is 1. The van der Waals surface area contributed by atoms with E-state index in [4.69, 9.17) is 0 Å². The number of thiazole rings is 1. The van der Waals surface area contributed by atoms with Gasteiger partial charge in [-0.15, -0.1) is 11.3 Å². The lowest BCUT2D eigenvalue weighted by atomic mass is 10.2. The summed E-state index contributed by atoms with van der Waals surface area (Å²) in [4.78, 5) is 38.6. The number of hydrogen-bond acceptors (Lipinski definition) is 6. The molecule has 2 aromatic heterocycles. The van der Waals surface area contributed by atoms with E-state index in [9.17, 15) is 9.59 Å². The van der Waals surface area contributed by atoms with Gasteiger partial charge in [-0.1, -0.05) is 18.2 Å². The zero-order chi connectivity index (χ0) is 17.9. The van der Waals surface area contributed by atoms with Gasteiger partial charge >= 0.3 is 0 Å². The molecule has 0 aliphatic carbocycles. The van der Waals surface area contributed by atoms with Crippen LogP contribution in [0.25, 0.3) is 0 Å².